The second-order valence-corrected chi connectivity index (χ2v) is 4.07. The van der Waals surface area contributed by atoms with Crippen LogP contribution in [0.4, 0.5) is 0 Å². The molecular weight excluding hydrogens is 212 g/mol. The third kappa shape index (κ3) is 4.61. The van der Waals surface area contributed by atoms with E-state index in [1.807, 2.05) is 0 Å². The van der Waals surface area contributed by atoms with E-state index in [9.17, 15) is 9.59 Å². The van der Waals surface area contributed by atoms with Crippen LogP contribution in [0.1, 0.15) is 46.5 Å². The van der Waals surface area contributed by atoms with E-state index in [2.05, 4.69) is 0 Å². The molecule has 94 valence electrons. The van der Waals surface area contributed by atoms with Crippen LogP contribution < -0.4 is 0 Å². The molecule has 1 unspecified atom stereocenters. The van der Waals surface area contributed by atoms with Crippen molar-refractivity contribution in [2.45, 2.75) is 58.2 Å². The van der Waals surface area contributed by atoms with Crippen molar-refractivity contribution in [3.05, 3.63) is 0 Å². The highest BCUT2D eigenvalue weighted by molar-refractivity contribution is 5.77. The second-order valence-electron chi connectivity index (χ2n) is 4.07. The van der Waals surface area contributed by atoms with E-state index in [4.69, 9.17) is 14.9 Å². The molecule has 2 N–H and O–H groups in total. The second kappa shape index (κ2) is 6.48. The lowest BCUT2D eigenvalue weighted by Gasteiger charge is -2.30. The molecule has 0 bridgehead atoms. The van der Waals surface area contributed by atoms with Gasteiger partial charge in [-0.15, -0.1) is 0 Å². The Labute approximate surface area is 95.4 Å². The van der Waals surface area contributed by atoms with Crippen molar-refractivity contribution in [1.29, 1.82) is 0 Å². The molecule has 0 aliphatic carbocycles. The van der Waals surface area contributed by atoms with Crippen LogP contribution in [0.3, 0.4) is 0 Å². The van der Waals surface area contributed by atoms with Crippen molar-refractivity contribution >= 4 is 11.9 Å². The van der Waals surface area contributed by atoms with Crippen molar-refractivity contribution in [3.8, 4) is 0 Å². The summed E-state index contributed by atoms with van der Waals surface area (Å²) in [5, 5.41) is 17.7. The highest BCUT2D eigenvalue weighted by Crippen LogP contribution is 2.25. The van der Waals surface area contributed by atoms with Crippen molar-refractivity contribution in [1.82, 2.24) is 0 Å². The molecule has 0 aromatic heterocycles. The average Bonchev–Trinajstić information content (AvgIpc) is 2.14. The van der Waals surface area contributed by atoms with Crippen molar-refractivity contribution < 1.29 is 24.5 Å². The fraction of sp³-hybridized carbons (Fsp3) is 0.818. The number of carboxylic acid groups (broad SMARTS) is 2. The van der Waals surface area contributed by atoms with Crippen LogP contribution in [0.5, 0.6) is 0 Å². The molecule has 0 rings (SSSR count). The maximum Gasteiger partial charge on any atom is 0.335 e. The Morgan fingerprint density at radius 1 is 1.31 bits per heavy atom. The first-order valence-corrected chi connectivity index (χ1v) is 5.47. The average molecular weight is 232 g/mol. The summed E-state index contributed by atoms with van der Waals surface area (Å²) >= 11 is 0. The highest BCUT2D eigenvalue weighted by atomic mass is 16.5. The summed E-state index contributed by atoms with van der Waals surface area (Å²) in [5.74, 6) is -1.94. The molecule has 0 spiro atoms. The van der Waals surface area contributed by atoms with Gasteiger partial charge in [0.2, 0.25) is 0 Å². The molecule has 0 aromatic carbocycles. The summed E-state index contributed by atoms with van der Waals surface area (Å²) < 4.78 is 5.44. The normalized spacial score (nSPS) is 14.8. The zero-order chi connectivity index (χ0) is 12.8. The van der Waals surface area contributed by atoms with Crippen LogP contribution in [0.15, 0.2) is 0 Å². The molecule has 0 aliphatic heterocycles. The molecular formula is C11H20O5. The molecule has 0 amide bonds. The summed E-state index contributed by atoms with van der Waals surface area (Å²) in [6.45, 7) is 5.27. The van der Waals surface area contributed by atoms with Crippen LogP contribution >= 0.6 is 0 Å². The van der Waals surface area contributed by atoms with Gasteiger partial charge in [-0.05, 0) is 33.1 Å². The highest BCUT2D eigenvalue weighted by Gasteiger charge is 2.38. The smallest absolute Gasteiger partial charge is 0.335 e. The molecule has 0 aliphatic rings. The summed E-state index contributed by atoms with van der Waals surface area (Å²) in [4.78, 5) is 21.6. The number of hydrogen-bond donors (Lipinski definition) is 2. The minimum atomic E-state index is -1.25. The quantitative estimate of drug-likeness (QED) is 0.667. The Morgan fingerprint density at radius 2 is 1.88 bits per heavy atom. The van der Waals surface area contributed by atoms with Crippen LogP contribution in [-0.2, 0) is 14.3 Å². The van der Waals surface area contributed by atoms with E-state index >= 15 is 0 Å². The zero-order valence-corrected chi connectivity index (χ0v) is 10.0. The molecule has 0 saturated carbocycles. The standard InChI is InChI=1S/C11H20O5/c1-4-11(10(14)15,16-8(2)3)7-5-6-9(12)13/h8H,4-7H2,1-3H3,(H,12,13)(H,14,15). The van der Waals surface area contributed by atoms with Gasteiger partial charge in [0.15, 0.2) is 5.60 Å². The van der Waals surface area contributed by atoms with Crippen LogP contribution in [0.2, 0.25) is 0 Å². The predicted octanol–water partition coefficient (Wildman–Crippen LogP) is 1.90. The van der Waals surface area contributed by atoms with E-state index in [0.717, 1.165) is 0 Å². The third-order valence-corrected chi connectivity index (χ3v) is 2.39. The van der Waals surface area contributed by atoms with Gasteiger partial charge in [0.05, 0.1) is 6.10 Å². The zero-order valence-electron chi connectivity index (χ0n) is 10.0. The number of carbonyl (C=O) groups is 2. The van der Waals surface area contributed by atoms with Crippen LogP contribution in [-0.4, -0.2) is 33.9 Å². The Morgan fingerprint density at radius 3 is 2.19 bits per heavy atom. The number of ether oxygens (including phenoxy) is 1. The third-order valence-electron chi connectivity index (χ3n) is 2.39. The Kier molecular flexibility index (Phi) is 6.03. The van der Waals surface area contributed by atoms with Gasteiger partial charge in [0.1, 0.15) is 0 Å². The molecule has 0 saturated heterocycles. The van der Waals surface area contributed by atoms with Gasteiger partial charge in [-0.2, -0.15) is 0 Å². The SMILES string of the molecule is CCC(CCCC(=O)O)(OC(C)C)C(=O)O. The first-order valence-electron chi connectivity index (χ1n) is 5.47. The van der Waals surface area contributed by atoms with Gasteiger partial charge < -0.3 is 14.9 Å². The molecule has 0 fully saturated rings. The Bertz CT molecular complexity index is 249. The maximum atomic E-state index is 11.2. The molecule has 5 heteroatoms. The molecule has 5 nitrogen and oxygen atoms in total. The van der Waals surface area contributed by atoms with Crippen molar-refractivity contribution in [2.75, 3.05) is 0 Å². The largest absolute Gasteiger partial charge is 0.481 e. The molecule has 0 radical (unpaired) electrons. The van der Waals surface area contributed by atoms with E-state index in [0.29, 0.717) is 12.8 Å². The topological polar surface area (TPSA) is 83.8 Å². The van der Waals surface area contributed by atoms with Gasteiger partial charge in [-0.3, -0.25) is 4.79 Å². The monoisotopic (exact) mass is 232 g/mol. The minimum Gasteiger partial charge on any atom is -0.481 e. The first kappa shape index (κ1) is 14.9. The first-order chi connectivity index (χ1) is 7.34. The lowest BCUT2D eigenvalue weighted by Crippen LogP contribution is -2.43. The number of aliphatic carboxylic acids is 2. The van der Waals surface area contributed by atoms with Crippen molar-refractivity contribution in [2.24, 2.45) is 0 Å². The number of hydrogen-bond acceptors (Lipinski definition) is 3. The maximum absolute atomic E-state index is 11.2. The van der Waals surface area contributed by atoms with Gasteiger partial charge in [0.25, 0.3) is 0 Å². The summed E-state index contributed by atoms with van der Waals surface area (Å²) in [5.41, 5.74) is -1.25. The molecule has 16 heavy (non-hydrogen) atoms. The summed E-state index contributed by atoms with van der Waals surface area (Å²) in [7, 11) is 0. The minimum absolute atomic E-state index is 0.0313. The van der Waals surface area contributed by atoms with Crippen molar-refractivity contribution in [3.63, 3.8) is 0 Å². The predicted molar refractivity (Wildman–Crippen MR) is 58.4 cm³/mol. The van der Waals surface area contributed by atoms with E-state index in [-0.39, 0.29) is 18.9 Å². The Hall–Kier alpha value is -1.10. The summed E-state index contributed by atoms with van der Waals surface area (Å²) in [6, 6.07) is 0. The lowest BCUT2D eigenvalue weighted by atomic mass is 9.93. The number of rotatable bonds is 8. The fourth-order valence-electron chi connectivity index (χ4n) is 1.60. The fourth-order valence-corrected chi connectivity index (χ4v) is 1.60. The van der Waals surface area contributed by atoms with Crippen LogP contribution in [0.25, 0.3) is 0 Å². The van der Waals surface area contributed by atoms with Gasteiger partial charge in [-0.1, -0.05) is 6.92 Å². The number of carboxylic acids is 2. The van der Waals surface area contributed by atoms with E-state index < -0.39 is 17.5 Å². The molecule has 1 atom stereocenters. The van der Waals surface area contributed by atoms with Gasteiger partial charge >= 0.3 is 11.9 Å². The van der Waals surface area contributed by atoms with Crippen LogP contribution in [0, 0.1) is 0 Å². The molecule has 0 heterocycles. The summed E-state index contributed by atoms with van der Waals surface area (Å²) in [6.07, 6.45) is 0.642. The Balaban J connectivity index is 4.51. The van der Waals surface area contributed by atoms with Gasteiger partial charge in [0, 0.05) is 6.42 Å². The lowest BCUT2D eigenvalue weighted by molar-refractivity contribution is -0.174. The van der Waals surface area contributed by atoms with Gasteiger partial charge in [-0.25, -0.2) is 4.79 Å². The molecule has 0 aromatic rings. The van der Waals surface area contributed by atoms with E-state index in [1.54, 1.807) is 20.8 Å². The van der Waals surface area contributed by atoms with E-state index in [1.165, 1.54) is 0 Å².